The maximum Gasteiger partial charge on any atom is 0.135 e. The molecule has 18 heavy (non-hydrogen) atoms. The van der Waals surface area contributed by atoms with Gasteiger partial charge in [-0.15, -0.1) is 11.3 Å². The van der Waals surface area contributed by atoms with Gasteiger partial charge in [0.05, 0.1) is 16.4 Å². The maximum atomic E-state index is 5.99. The van der Waals surface area contributed by atoms with E-state index in [0.29, 0.717) is 5.15 Å². The molecular formula is C13H16ClN3S. The molecule has 0 aliphatic rings. The SMILES string of the molecule is Cc1c(Cl)ncnc1Cc1nc(C(C)(C)C)cs1. The summed E-state index contributed by atoms with van der Waals surface area (Å²) < 4.78 is 0. The van der Waals surface area contributed by atoms with E-state index in [0.717, 1.165) is 28.4 Å². The largest absolute Gasteiger partial charge is 0.245 e. The lowest BCUT2D eigenvalue weighted by Crippen LogP contribution is -2.11. The third-order valence-corrected chi connectivity index (χ3v) is 4.00. The quantitative estimate of drug-likeness (QED) is 0.786. The number of hydrogen-bond donors (Lipinski definition) is 0. The van der Waals surface area contributed by atoms with Gasteiger partial charge in [-0.05, 0) is 6.92 Å². The van der Waals surface area contributed by atoms with Crippen molar-refractivity contribution in [3.05, 3.63) is 38.8 Å². The number of thiazole rings is 1. The zero-order valence-corrected chi connectivity index (χ0v) is 12.6. The summed E-state index contributed by atoms with van der Waals surface area (Å²) in [6.07, 6.45) is 2.22. The molecule has 0 atom stereocenters. The van der Waals surface area contributed by atoms with Crippen LogP contribution in [0.25, 0.3) is 0 Å². The van der Waals surface area contributed by atoms with Gasteiger partial charge in [0.1, 0.15) is 11.5 Å². The Morgan fingerprint density at radius 3 is 2.61 bits per heavy atom. The lowest BCUT2D eigenvalue weighted by molar-refractivity contribution is 0.571. The van der Waals surface area contributed by atoms with Crippen LogP contribution in [0.1, 0.15) is 42.7 Å². The van der Waals surface area contributed by atoms with E-state index in [2.05, 4.69) is 41.1 Å². The van der Waals surface area contributed by atoms with Crippen molar-refractivity contribution >= 4 is 22.9 Å². The summed E-state index contributed by atoms with van der Waals surface area (Å²) in [4.78, 5) is 12.9. The topological polar surface area (TPSA) is 38.7 Å². The molecule has 0 N–H and O–H groups in total. The molecule has 2 aromatic heterocycles. The van der Waals surface area contributed by atoms with Crippen molar-refractivity contribution in [2.24, 2.45) is 0 Å². The van der Waals surface area contributed by atoms with Crippen LogP contribution in [0.2, 0.25) is 5.15 Å². The van der Waals surface area contributed by atoms with E-state index < -0.39 is 0 Å². The van der Waals surface area contributed by atoms with Crippen LogP contribution < -0.4 is 0 Å². The molecule has 2 rings (SSSR count). The monoisotopic (exact) mass is 281 g/mol. The fourth-order valence-electron chi connectivity index (χ4n) is 1.52. The van der Waals surface area contributed by atoms with Crippen LogP contribution in [-0.2, 0) is 11.8 Å². The van der Waals surface area contributed by atoms with Gasteiger partial charge in [-0.2, -0.15) is 0 Å². The number of halogens is 1. The summed E-state index contributed by atoms with van der Waals surface area (Å²) in [6, 6.07) is 0. The Hall–Kier alpha value is -1.000. The molecule has 0 bridgehead atoms. The average Bonchev–Trinajstić information content (AvgIpc) is 2.73. The number of aromatic nitrogens is 3. The Balaban J connectivity index is 2.24. The highest BCUT2D eigenvalue weighted by Crippen LogP contribution is 2.25. The molecule has 0 amide bonds. The van der Waals surface area contributed by atoms with E-state index in [-0.39, 0.29) is 5.41 Å². The van der Waals surface area contributed by atoms with Gasteiger partial charge in [-0.1, -0.05) is 32.4 Å². The number of nitrogens with zero attached hydrogens (tertiary/aromatic N) is 3. The summed E-state index contributed by atoms with van der Waals surface area (Å²) in [7, 11) is 0. The van der Waals surface area contributed by atoms with Crippen LogP contribution in [0, 0.1) is 6.92 Å². The standard InChI is InChI=1S/C13H16ClN3S/c1-8-9(15-7-16-12(8)14)5-11-17-10(6-18-11)13(2,3)4/h6-7H,5H2,1-4H3. The van der Waals surface area contributed by atoms with Crippen LogP contribution in [0.5, 0.6) is 0 Å². The average molecular weight is 282 g/mol. The van der Waals surface area contributed by atoms with E-state index in [9.17, 15) is 0 Å². The predicted molar refractivity (Wildman–Crippen MR) is 75.4 cm³/mol. The second-order valence-corrected chi connectivity index (χ2v) is 6.59. The normalized spacial score (nSPS) is 11.8. The van der Waals surface area contributed by atoms with Crippen molar-refractivity contribution in [1.82, 2.24) is 15.0 Å². The molecule has 5 heteroatoms. The summed E-state index contributed by atoms with van der Waals surface area (Å²) in [5.41, 5.74) is 3.10. The third-order valence-electron chi connectivity index (χ3n) is 2.77. The summed E-state index contributed by atoms with van der Waals surface area (Å²) in [5.74, 6) is 0. The van der Waals surface area contributed by atoms with E-state index in [1.165, 1.54) is 6.33 Å². The minimum Gasteiger partial charge on any atom is -0.245 e. The molecule has 0 spiro atoms. The Kier molecular flexibility index (Phi) is 3.69. The molecule has 2 heterocycles. The van der Waals surface area contributed by atoms with Crippen LogP contribution in [-0.4, -0.2) is 15.0 Å². The van der Waals surface area contributed by atoms with Crippen LogP contribution in [0.4, 0.5) is 0 Å². The van der Waals surface area contributed by atoms with Gasteiger partial charge in [-0.3, -0.25) is 0 Å². The Labute approximate surface area is 116 Å². The molecule has 0 aliphatic heterocycles. The Morgan fingerprint density at radius 1 is 1.28 bits per heavy atom. The second-order valence-electron chi connectivity index (χ2n) is 5.29. The van der Waals surface area contributed by atoms with E-state index >= 15 is 0 Å². The van der Waals surface area contributed by atoms with E-state index in [1.54, 1.807) is 11.3 Å². The fourth-order valence-corrected chi connectivity index (χ4v) is 2.70. The Bertz CT molecular complexity index is 558. The van der Waals surface area contributed by atoms with Crippen molar-refractivity contribution in [3.8, 4) is 0 Å². The van der Waals surface area contributed by atoms with Crippen molar-refractivity contribution < 1.29 is 0 Å². The van der Waals surface area contributed by atoms with Crippen molar-refractivity contribution in [2.45, 2.75) is 39.5 Å². The minimum atomic E-state index is 0.0904. The summed E-state index contributed by atoms with van der Waals surface area (Å²) in [5, 5.41) is 3.71. The van der Waals surface area contributed by atoms with Crippen molar-refractivity contribution in [1.29, 1.82) is 0 Å². The first-order valence-electron chi connectivity index (χ1n) is 5.79. The molecule has 2 aromatic rings. The van der Waals surface area contributed by atoms with Crippen LogP contribution in [0.15, 0.2) is 11.7 Å². The number of hydrogen-bond acceptors (Lipinski definition) is 4. The second kappa shape index (κ2) is 4.94. The first kappa shape index (κ1) is 13.4. The molecule has 0 fully saturated rings. The molecule has 3 nitrogen and oxygen atoms in total. The first-order chi connectivity index (χ1) is 8.38. The van der Waals surface area contributed by atoms with Gasteiger partial charge in [0.25, 0.3) is 0 Å². The highest BCUT2D eigenvalue weighted by Gasteiger charge is 2.18. The van der Waals surface area contributed by atoms with E-state index in [4.69, 9.17) is 11.6 Å². The highest BCUT2D eigenvalue weighted by molar-refractivity contribution is 7.09. The molecule has 96 valence electrons. The highest BCUT2D eigenvalue weighted by atomic mass is 35.5. The lowest BCUT2D eigenvalue weighted by atomic mass is 9.93. The molecule has 0 saturated carbocycles. The minimum absolute atomic E-state index is 0.0904. The maximum absolute atomic E-state index is 5.99. The third kappa shape index (κ3) is 2.87. The van der Waals surface area contributed by atoms with Crippen molar-refractivity contribution in [2.75, 3.05) is 0 Å². The van der Waals surface area contributed by atoms with Gasteiger partial charge in [-0.25, -0.2) is 15.0 Å². The Morgan fingerprint density at radius 2 is 2.00 bits per heavy atom. The molecule has 0 radical (unpaired) electrons. The lowest BCUT2D eigenvalue weighted by Gasteiger charge is -2.14. The fraction of sp³-hybridized carbons (Fsp3) is 0.462. The van der Waals surface area contributed by atoms with E-state index in [1.807, 2.05) is 6.92 Å². The molecule has 0 aromatic carbocycles. The molecule has 0 aliphatic carbocycles. The predicted octanol–water partition coefficient (Wildman–Crippen LogP) is 3.78. The first-order valence-corrected chi connectivity index (χ1v) is 7.04. The molecular weight excluding hydrogens is 266 g/mol. The number of rotatable bonds is 2. The van der Waals surface area contributed by atoms with Gasteiger partial charge in [0, 0.05) is 22.8 Å². The smallest absolute Gasteiger partial charge is 0.135 e. The zero-order chi connectivity index (χ0) is 13.3. The van der Waals surface area contributed by atoms with Crippen LogP contribution in [0.3, 0.4) is 0 Å². The van der Waals surface area contributed by atoms with Gasteiger partial charge in [0.15, 0.2) is 0 Å². The zero-order valence-electron chi connectivity index (χ0n) is 11.0. The van der Waals surface area contributed by atoms with Gasteiger partial charge in [0.2, 0.25) is 0 Å². The molecule has 0 unspecified atom stereocenters. The van der Waals surface area contributed by atoms with Crippen LogP contribution >= 0.6 is 22.9 Å². The molecule has 0 saturated heterocycles. The summed E-state index contributed by atoms with van der Waals surface area (Å²) >= 11 is 7.66. The van der Waals surface area contributed by atoms with Gasteiger partial charge >= 0.3 is 0 Å². The van der Waals surface area contributed by atoms with Crippen molar-refractivity contribution in [3.63, 3.8) is 0 Å². The summed E-state index contributed by atoms with van der Waals surface area (Å²) in [6.45, 7) is 8.44. The van der Waals surface area contributed by atoms with Gasteiger partial charge < -0.3 is 0 Å².